The molecule has 0 spiro atoms. The van der Waals surface area contributed by atoms with Crippen molar-refractivity contribution in [1.29, 1.82) is 0 Å². The molecular formula is C19H32BrIN4O2. The largest absolute Gasteiger partial charge is 0.396 e. The Balaban J connectivity index is 0.00000676. The van der Waals surface area contributed by atoms with E-state index in [2.05, 4.69) is 43.8 Å². The fourth-order valence-corrected chi connectivity index (χ4v) is 2.95. The Labute approximate surface area is 188 Å². The Morgan fingerprint density at radius 1 is 1.26 bits per heavy atom. The lowest BCUT2D eigenvalue weighted by Gasteiger charge is -2.18. The van der Waals surface area contributed by atoms with Crippen molar-refractivity contribution in [3.63, 3.8) is 0 Å². The van der Waals surface area contributed by atoms with Gasteiger partial charge in [0.25, 0.3) is 0 Å². The summed E-state index contributed by atoms with van der Waals surface area (Å²) >= 11 is 3.41. The van der Waals surface area contributed by atoms with Gasteiger partial charge in [-0.05, 0) is 50.3 Å². The number of benzene rings is 1. The van der Waals surface area contributed by atoms with Crippen LogP contribution in [-0.2, 0) is 4.79 Å². The summed E-state index contributed by atoms with van der Waals surface area (Å²) < 4.78 is 0.919. The van der Waals surface area contributed by atoms with Gasteiger partial charge in [-0.3, -0.25) is 4.79 Å². The van der Waals surface area contributed by atoms with Gasteiger partial charge < -0.3 is 21.1 Å². The Morgan fingerprint density at radius 2 is 2.00 bits per heavy atom. The average Bonchev–Trinajstić information content (AvgIpc) is 2.60. The summed E-state index contributed by atoms with van der Waals surface area (Å²) in [6.45, 7) is 7.75. The highest BCUT2D eigenvalue weighted by Gasteiger charge is 2.09. The number of nitrogens with zero attached hydrogens (tertiary/aromatic N) is 1. The second kappa shape index (κ2) is 15.1. The van der Waals surface area contributed by atoms with Crippen molar-refractivity contribution < 1.29 is 9.90 Å². The predicted octanol–water partition coefficient (Wildman–Crippen LogP) is 3.67. The minimum atomic E-state index is -0.163. The smallest absolute Gasteiger partial charge is 0.246 e. The molecule has 0 aliphatic carbocycles. The van der Waals surface area contributed by atoms with Crippen LogP contribution in [0.5, 0.6) is 0 Å². The van der Waals surface area contributed by atoms with Gasteiger partial charge in [-0.15, -0.1) is 24.0 Å². The number of carbonyl (C=O) groups excluding carboxylic acids is 1. The van der Waals surface area contributed by atoms with Gasteiger partial charge in [-0.25, -0.2) is 4.99 Å². The topological polar surface area (TPSA) is 85.8 Å². The molecule has 27 heavy (non-hydrogen) atoms. The van der Waals surface area contributed by atoms with E-state index in [0.29, 0.717) is 11.9 Å². The third-order valence-corrected chi connectivity index (χ3v) is 4.48. The molecule has 0 fully saturated rings. The molecular weight excluding hydrogens is 523 g/mol. The molecule has 1 aromatic rings. The number of hydrogen-bond donors (Lipinski definition) is 4. The average molecular weight is 555 g/mol. The lowest BCUT2D eigenvalue weighted by Crippen LogP contribution is -2.40. The van der Waals surface area contributed by atoms with Crippen LogP contribution in [0.4, 0.5) is 5.69 Å². The van der Waals surface area contributed by atoms with E-state index in [1.807, 2.05) is 32.0 Å². The number of aliphatic imine (C=N–C) groups is 1. The van der Waals surface area contributed by atoms with E-state index in [4.69, 9.17) is 5.11 Å². The van der Waals surface area contributed by atoms with Crippen LogP contribution in [0.2, 0.25) is 0 Å². The number of aliphatic hydroxyl groups excluding tert-OH is 1. The predicted molar refractivity (Wildman–Crippen MR) is 127 cm³/mol. The zero-order valence-corrected chi connectivity index (χ0v) is 20.3. The summed E-state index contributed by atoms with van der Waals surface area (Å²) in [5.41, 5.74) is 1.78. The van der Waals surface area contributed by atoms with E-state index in [0.717, 1.165) is 48.1 Å². The standard InChI is InChI=1S/C19H31BrN4O2.HI/c1-4-6-15(9-10-25)12-22-19(21-5-2)23-13-18(26)24-17-11-16(20)8-7-14(17)3;/h7-8,11,15,25H,4-6,9-10,12-13H2,1-3H3,(H,24,26)(H2,21,22,23);1H. The number of aliphatic hydroxyl groups is 1. The maximum Gasteiger partial charge on any atom is 0.246 e. The molecule has 6 nitrogen and oxygen atoms in total. The summed E-state index contributed by atoms with van der Waals surface area (Å²) in [4.78, 5) is 16.6. The van der Waals surface area contributed by atoms with Crippen LogP contribution in [0.15, 0.2) is 27.7 Å². The Hall–Kier alpha value is -0.870. The second-order valence-electron chi connectivity index (χ2n) is 6.25. The molecule has 154 valence electrons. The van der Waals surface area contributed by atoms with Gasteiger partial charge in [0.2, 0.25) is 5.91 Å². The zero-order chi connectivity index (χ0) is 19.4. The molecule has 0 saturated heterocycles. The van der Waals surface area contributed by atoms with Gasteiger partial charge in [-0.2, -0.15) is 0 Å². The van der Waals surface area contributed by atoms with E-state index >= 15 is 0 Å². The van der Waals surface area contributed by atoms with Crippen LogP contribution >= 0.6 is 39.9 Å². The van der Waals surface area contributed by atoms with E-state index in [9.17, 15) is 4.79 Å². The first-order valence-electron chi connectivity index (χ1n) is 9.19. The molecule has 0 radical (unpaired) electrons. The number of halogens is 2. The van der Waals surface area contributed by atoms with Crippen LogP contribution < -0.4 is 16.0 Å². The van der Waals surface area contributed by atoms with Gasteiger partial charge in [0.15, 0.2) is 5.96 Å². The highest BCUT2D eigenvalue weighted by atomic mass is 127. The number of carbonyl (C=O) groups is 1. The maximum absolute atomic E-state index is 12.2. The van der Waals surface area contributed by atoms with Gasteiger partial charge in [-0.1, -0.05) is 35.3 Å². The first kappa shape index (κ1) is 26.1. The molecule has 1 amide bonds. The molecule has 8 heteroatoms. The molecule has 0 saturated carbocycles. The number of guanidine groups is 1. The fourth-order valence-electron chi connectivity index (χ4n) is 2.59. The van der Waals surface area contributed by atoms with Crippen molar-refractivity contribution in [1.82, 2.24) is 10.6 Å². The molecule has 0 aliphatic rings. The van der Waals surface area contributed by atoms with Crippen molar-refractivity contribution in [3.8, 4) is 0 Å². The fraction of sp³-hybridized carbons (Fsp3) is 0.579. The van der Waals surface area contributed by atoms with Gasteiger partial charge in [0.05, 0.1) is 0 Å². The number of rotatable bonds is 10. The molecule has 1 atom stereocenters. The molecule has 1 unspecified atom stereocenters. The minimum Gasteiger partial charge on any atom is -0.396 e. The third-order valence-electron chi connectivity index (χ3n) is 3.99. The molecule has 0 bridgehead atoms. The highest BCUT2D eigenvalue weighted by molar-refractivity contribution is 14.0. The molecule has 0 aliphatic heterocycles. The molecule has 0 heterocycles. The third kappa shape index (κ3) is 10.9. The quantitative estimate of drug-likeness (QED) is 0.202. The lowest BCUT2D eigenvalue weighted by atomic mass is 10.0. The van der Waals surface area contributed by atoms with Crippen LogP contribution in [0.3, 0.4) is 0 Å². The molecule has 0 aromatic heterocycles. The molecule has 1 aromatic carbocycles. The summed E-state index contributed by atoms with van der Waals surface area (Å²) in [5, 5.41) is 18.5. The van der Waals surface area contributed by atoms with Gasteiger partial charge in [0.1, 0.15) is 6.54 Å². The van der Waals surface area contributed by atoms with Crippen molar-refractivity contribution in [3.05, 3.63) is 28.2 Å². The Kier molecular flexibility index (Phi) is 14.6. The monoisotopic (exact) mass is 554 g/mol. The van der Waals surface area contributed by atoms with Gasteiger partial charge >= 0.3 is 0 Å². The van der Waals surface area contributed by atoms with E-state index in [1.54, 1.807) is 0 Å². The van der Waals surface area contributed by atoms with Crippen LogP contribution in [-0.4, -0.2) is 43.2 Å². The number of anilines is 1. The number of nitrogens with one attached hydrogen (secondary N) is 3. The maximum atomic E-state index is 12.2. The Bertz CT molecular complexity index is 593. The van der Waals surface area contributed by atoms with Crippen molar-refractivity contribution in [2.45, 2.75) is 40.0 Å². The summed E-state index contributed by atoms with van der Waals surface area (Å²) in [6, 6.07) is 5.77. The molecule has 4 N–H and O–H groups in total. The van der Waals surface area contributed by atoms with E-state index in [1.165, 1.54) is 0 Å². The summed E-state index contributed by atoms with van der Waals surface area (Å²) in [5.74, 6) is 0.850. The number of amides is 1. The van der Waals surface area contributed by atoms with Crippen LogP contribution in [0, 0.1) is 12.8 Å². The van der Waals surface area contributed by atoms with Crippen molar-refractivity contribution >= 4 is 57.5 Å². The minimum absolute atomic E-state index is 0. The van der Waals surface area contributed by atoms with Crippen LogP contribution in [0.1, 0.15) is 38.7 Å². The zero-order valence-electron chi connectivity index (χ0n) is 16.3. The highest BCUT2D eigenvalue weighted by Crippen LogP contribution is 2.20. The van der Waals surface area contributed by atoms with E-state index < -0.39 is 0 Å². The van der Waals surface area contributed by atoms with Crippen LogP contribution in [0.25, 0.3) is 0 Å². The lowest BCUT2D eigenvalue weighted by molar-refractivity contribution is -0.114. The van der Waals surface area contributed by atoms with E-state index in [-0.39, 0.29) is 43.0 Å². The Morgan fingerprint density at radius 3 is 2.63 bits per heavy atom. The normalized spacial score (nSPS) is 12.1. The van der Waals surface area contributed by atoms with Crippen molar-refractivity contribution in [2.24, 2.45) is 10.9 Å². The number of hydrogen-bond acceptors (Lipinski definition) is 3. The summed E-state index contributed by atoms with van der Waals surface area (Å²) in [7, 11) is 0. The van der Waals surface area contributed by atoms with Gasteiger partial charge in [0, 0.05) is 29.9 Å². The SMILES string of the molecule is CCCC(CCO)CNC(=NCC(=O)Nc1cc(Br)ccc1C)NCC.I. The second-order valence-corrected chi connectivity index (χ2v) is 7.17. The molecule has 1 rings (SSSR count). The summed E-state index contributed by atoms with van der Waals surface area (Å²) in [6.07, 6.45) is 2.90. The number of aryl methyl sites for hydroxylation is 1. The first-order valence-corrected chi connectivity index (χ1v) is 9.98. The van der Waals surface area contributed by atoms with Crippen molar-refractivity contribution in [2.75, 3.05) is 31.6 Å². The first-order chi connectivity index (χ1) is 12.5.